The van der Waals surface area contributed by atoms with Crippen molar-refractivity contribution in [2.75, 3.05) is 0 Å². The number of rotatable bonds is 4. The second-order valence-electron chi connectivity index (χ2n) is 10.4. The summed E-state index contributed by atoms with van der Waals surface area (Å²) in [6.45, 7) is 2.16. The number of amides is 2. The van der Waals surface area contributed by atoms with Crippen LogP contribution in [0.2, 0.25) is 5.02 Å². The van der Waals surface area contributed by atoms with Crippen LogP contribution < -0.4 is 15.4 Å². The molecule has 1 aromatic rings. The van der Waals surface area contributed by atoms with Gasteiger partial charge in [0.15, 0.2) is 6.10 Å². The maximum atomic E-state index is 13.1. The van der Waals surface area contributed by atoms with Crippen molar-refractivity contribution in [3.05, 3.63) is 28.8 Å². The van der Waals surface area contributed by atoms with Crippen molar-refractivity contribution in [3.63, 3.8) is 0 Å². The van der Waals surface area contributed by atoms with E-state index in [1.165, 1.54) is 0 Å². The monoisotopic (exact) mass is 462 g/mol. The zero-order valence-electron chi connectivity index (χ0n) is 18.3. The van der Waals surface area contributed by atoms with Crippen molar-refractivity contribution in [2.45, 2.75) is 87.7 Å². The van der Waals surface area contributed by atoms with Crippen LogP contribution in [0, 0.1) is 11.8 Å². The molecule has 2 bridgehead atoms. The number of hydrogen-bond acceptors (Lipinski definition) is 5. The molecule has 4 saturated carbocycles. The van der Waals surface area contributed by atoms with Crippen LogP contribution in [0.1, 0.15) is 70.0 Å². The maximum Gasteiger partial charge on any atom is 0.261 e. The number of halogens is 1. The molecule has 174 valence electrons. The lowest BCUT2D eigenvalue weighted by atomic mass is 9.59. The van der Waals surface area contributed by atoms with Gasteiger partial charge < -0.3 is 25.6 Å². The number of hydrogen-bond donors (Lipinski definition) is 4. The molecule has 32 heavy (non-hydrogen) atoms. The quantitative estimate of drug-likeness (QED) is 0.550. The van der Waals surface area contributed by atoms with Gasteiger partial charge in [-0.25, -0.2) is 0 Å². The molecule has 7 nitrogen and oxygen atoms in total. The number of benzene rings is 1. The SMILES string of the molecule is CC1CC(C(=O)NC23CCC(NC(=O)C4CC(O)c5cc(Cl)ccc5O4)(CC2)[C@@H](O)C3)C1. The Hall–Kier alpha value is -1.83. The molecule has 4 aliphatic carbocycles. The van der Waals surface area contributed by atoms with Crippen LogP contribution >= 0.6 is 11.6 Å². The zero-order chi connectivity index (χ0) is 22.7. The Balaban J connectivity index is 1.23. The van der Waals surface area contributed by atoms with E-state index in [0.717, 1.165) is 25.7 Å². The number of carbonyl (C=O) groups excluding carboxylic acids is 2. The highest BCUT2D eigenvalue weighted by molar-refractivity contribution is 6.30. The van der Waals surface area contributed by atoms with Crippen molar-refractivity contribution >= 4 is 23.4 Å². The fourth-order valence-electron chi connectivity index (χ4n) is 6.05. The van der Waals surface area contributed by atoms with Crippen LogP contribution in [0.4, 0.5) is 0 Å². The third-order valence-corrected chi connectivity index (χ3v) is 8.39. The molecule has 0 aromatic heterocycles. The standard InChI is InChI=1S/C24H31ClN2O5/c1-13-8-14(9-13)21(30)26-23-4-6-24(7-5-23,20(29)12-23)27-22(31)19-11-17(28)16-10-15(25)2-3-18(16)32-19/h2-3,10,13-14,17,19-20,28-29H,4-9,11-12H2,1H3,(H,26,30)(H,27,31)/t13?,14?,17?,19?,20-,23?,24?/m0/s1. The third kappa shape index (κ3) is 3.78. The van der Waals surface area contributed by atoms with E-state index in [0.29, 0.717) is 41.5 Å². The molecule has 1 aromatic carbocycles. The highest BCUT2D eigenvalue weighted by Gasteiger charge is 2.56. The van der Waals surface area contributed by atoms with Gasteiger partial charge >= 0.3 is 0 Å². The molecule has 0 spiro atoms. The summed E-state index contributed by atoms with van der Waals surface area (Å²) in [5, 5.41) is 28.3. The molecule has 4 fully saturated rings. The first-order valence-electron chi connectivity index (χ1n) is 11.6. The Bertz CT molecular complexity index is 923. The minimum Gasteiger partial charge on any atom is -0.480 e. The number of fused-ring (bicyclic) bond motifs is 4. The van der Waals surface area contributed by atoms with E-state index in [-0.39, 0.29) is 29.7 Å². The molecule has 2 unspecified atom stereocenters. The summed E-state index contributed by atoms with van der Waals surface area (Å²) in [7, 11) is 0. The van der Waals surface area contributed by atoms with E-state index in [4.69, 9.17) is 16.3 Å². The van der Waals surface area contributed by atoms with E-state index in [9.17, 15) is 19.8 Å². The summed E-state index contributed by atoms with van der Waals surface area (Å²) in [6.07, 6.45) is 2.68. The van der Waals surface area contributed by atoms with E-state index < -0.39 is 23.9 Å². The lowest BCUT2D eigenvalue weighted by molar-refractivity contribution is -0.143. The summed E-state index contributed by atoms with van der Waals surface area (Å²) in [5.74, 6) is 0.935. The molecule has 4 N–H and O–H groups in total. The fraction of sp³-hybridized carbons (Fsp3) is 0.667. The van der Waals surface area contributed by atoms with Gasteiger partial charge in [-0.1, -0.05) is 18.5 Å². The Kier molecular flexibility index (Phi) is 5.42. The summed E-state index contributed by atoms with van der Waals surface area (Å²) in [4.78, 5) is 25.7. The van der Waals surface area contributed by atoms with Gasteiger partial charge in [0.05, 0.1) is 17.7 Å². The summed E-state index contributed by atoms with van der Waals surface area (Å²) in [5.41, 5.74) is -0.516. The molecule has 1 heterocycles. The van der Waals surface area contributed by atoms with Crippen LogP contribution in [0.25, 0.3) is 0 Å². The normalized spacial score (nSPS) is 39.9. The third-order valence-electron chi connectivity index (χ3n) is 8.16. The lowest BCUT2D eigenvalue weighted by Gasteiger charge is -2.57. The van der Waals surface area contributed by atoms with Crippen molar-refractivity contribution in [1.82, 2.24) is 10.6 Å². The van der Waals surface area contributed by atoms with Gasteiger partial charge in [-0.2, -0.15) is 0 Å². The van der Waals surface area contributed by atoms with Crippen molar-refractivity contribution < 1.29 is 24.5 Å². The van der Waals surface area contributed by atoms with E-state index in [2.05, 4.69) is 17.6 Å². The molecule has 5 aliphatic rings. The van der Waals surface area contributed by atoms with E-state index in [1.54, 1.807) is 18.2 Å². The zero-order valence-corrected chi connectivity index (χ0v) is 19.0. The van der Waals surface area contributed by atoms with Crippen LogP contribution in [-0.2, 0) is 9.59 Å². The largest absolute Gasteiger partial charge is 0.480 e. The fourth-order valence-corrected chi connectivity index (χ4v) is 6.23. The van der Waals surface area contributed by atoms with Gasteiger partial charge in [0.2, 0.25) is 5.91 Å². The molecule has 3 atom stereocenters. The topological polar surface area (TPSA) is 108 Å². The average molecular weight is 463 g/mol. The predicted molar refractivity (Wildman–Crippen MR) is 118 cm³/mol. The number of aliphatic hydroxyl groups is 2. The van der Waals surface area contributed by atoms with Crippen molar-refractivity contribution in [1.29, 1.82) is 0 Å². The van der Waals surface area contributed by atoms with Crippen LogP contribution in [0.15, 0.2) is 18.2 Å². The van der Waals surface area contributed by atoms with Crippen LogP contribution in [-0.4, -0.2) is 45.3 Å². The van der Waals surface area contributed by atoms with Gasteiger partial charge in [0, 0.05) is 28.5 Å². The minimum atomic E-state index is -0.842. The average Bonchev–Trinajstić information content (AvgIpc) is 2.73. The predicted octanol–water partition coefficient (Wildman–Crippen LogP) is 2.62. The molecule has 6 rings (SSSR count). The molecule has 2 amide bonds. The second-order valence-corrected chi connectivity index (χ2v) is 10.9. The molecule has 8 heteroatoms. The molecular weight excluding hydrogens is 432 g/mol. The summed E-state index contributed by atoms with van der Waals surface area (Å²) >= 11 is 6.01. The van der Waals surface area contributed by atoms with Crippen molar-refractivity contribution in [3.8, 4) is 5.75 Å². The maximum absolute atomic E-state index is 13.1. The number of aliphatic hydroxyl groups excluding tert-OH is 2. The van der Waals surface area contributed by atoms with E-state index >= 15 is 0 Å². The van der Waals surface area contributed by atoms with E-state index in [1.807, 2.05) is 0 Å². The Morgan fingerprint density at radius 2 is 1.78 bits per heavy atom. The van der Waals surface area contributed by atoms with Gasteiger partial charge in [-0.05, 0) is 69.1 Å². The molecule has 0 radical (unpaired) electrons. The highest BCUT2D eigenvalue weighted by atomic mass is 35.5. The van der Waals surface area contributed by atoms with Gasteiger partial charge in [0.25, 0.3) is 5.91 Å². The first kappa shape index (κ1) is 22.0. The summed E-state index contributed by atoms with van der Waals surface area (Å²) < 4.78 is 5.86. The Labute approximate surface area is 192 Å². The Morgan fingerprint density at radius 1 is 1.06 bits per heavy atom. The highest BCUT2D eigenvalue weighted by Crippen LogP contribution is 2.48. The lowest BCUT2D eigenvalue weighted by Crippen LogP contribution is -2.71. The number of carbonyl (C=O) groups is 2. The molecular formula is C24H31ClN2O5. The van der Waals surface area contributed by atoms with Crippen LogP contribution in [0.3, 0.4) is 0 Å². The van der Waals surface area contributed by atoms with Gasteiger partial charge in [-0.3, -0.25) is 9.59 Å². The molecule has 1 aliphatic heterocycles. The van der Waals surface area contributed by atoms with Crippen LogP contribution in [0.5, 0.6) is 5.75 Å². The molecule has 0 saturated heterocycles. The number of ether oxygens (including phenoxy) is 1. The first-order chi connectivity index (χ1) is 15.2. The van der Waals surface area contributed by atoms with Gasteiger partial charge in [-0.15, -0.1) is 0 Å². The first-order valence-corrected chi connectivity index (χ1v) is 12.0. The Morgan fingerprint density at radius 3 is 2.44 bits per heavy atom. The summed E-state index contributed by atoms with van der Waals surface area (Å²) in [6, 6.07) is 4.98. The van der Waals surface area contributed by atoms with Crippen molar-refractivity contribution in [2.24, 2.45) is 11.8 Å². The minimum absolute atomic E-state index is 0.0949. The second kappa shape index (κ2) is 7.89. The number of nitrogens with one attached hydrogen (secondary N) is 2. The smallest absolute Gasteiger partial charge is 0.261 e. The van der Waals surface area contributed by atoms with Gasteiger partial charge in [0.1, 0.15) is 5.75 Å².